The number of carbonyl (C=O) groups is 4. The molecule has 8 heteroatoms. The van der Waals surface area contributed by atoms with E-state index < -0.39 is 29.7 Å². The van der Waals surface area contributed by atoms with Gasteiger partial charge in [-0.15, -0.1) is 0 Å². The van der Waals surface area contributed by atoms with Crippen LogP contribution in [0.25, 0.3) is 0 Å². The Hall–Kier alpha value is -4.30. The number of imide groups is 2. The van der Waals surface area contributed by atoms with Crippen molar-refractivity contribution in [2.24, 2.45) is 0 Å². The number of amides is 4. The van der Waals surface area contributed by atoms with Crippen LogP contribution in [-0.2, 0) is 9.59 Å². The smallest absolute Gasteiger partial charge is 0.262 e. The molecule has 6 rings (SSSR count). The minimum absolute atomic E-state index is 0.0635. The monoisotopic (exact) mass is 495 g/mol. The molecule has 4 amide bonds. The lowest BCUT2D eigenvalue weighted by molar-refractivity contribution is -0.136. The molecule has 3 aromatic rings. The maximum Gasteiger partial charge on any atom is 0.262 e. The normalized spacial score (nSPS) is 20.1. The van der Waals surface area contributed by atoms with E-state index in [4.69, 9.17) is 4.74 Å². The second-order valence-electron chi connectivity index (χ2n) is 9.57. The molecule has 0 radical (unpaired) electrons. The van der Waals surface area contributed by atoms with Crippen LogP contribution in [0.5, 0.6) is 5.75 Å². The number of carbonyl (C=O) groups excluding carboxylic acids is 4. The average molecular weight is 496 g/mol. The molecule has 186 valence electrons. The van der Waals surface area contributed by atoms with E-state index in [1.807, 2.05) is 36.4 Å². The van der Waals surface area contributed by atoms with Crippen LogP contribution < -0.4 is 10.1 Å². The molecule has 3 aromatic carbocycles. The molecule has 2 fully saturated rings. The van der Waals surface area contributed by atoms with E-state index in [2.05, 4.69) is 34.5 Å². The fourth-order valence-electron chi connectivity index (χ4n) is 5.36. The van der Waals surface area contributed by atoms with E-state index in [-0.39, 0.29) is 36.1 Å². The summed E-state index contributed by atoms with van der Waals surface area (Å²) in [5, 5.41) is 2.21. The van der Waals surface area contributed by atoms with E-state index in [9.17, 15) is 19.2 Å². The predicted octanol–water partition coefficient (Wildman–Crippen LogP) is 2.94. The number of hydrogen-bond donors (Lipinski definition) is 1. The van der Waals surface area contributed by atoms with Crippen LogP contribution in [0, 0.1) is 0 Å². The van der Waals surface area contributed by atoms with Gasteiger partial charge in [-0.05, 0) is 35.7 Å². The highest BCUT2D eigenvalue weighted by Crippen LogP contribution is 2.35. The summed E-state index contributed by atoms with van der Waals surface area (Å²) in [5.74, 6) is -1.58. The zero-order valence-corrected chi connectivity index (χ0v) is 20.0. The largest absolute Gasteiger partial charge is 0.488 e. The van der Waals surface area contributed by atoms with E-state index in [1.165, 1.54) is 11.1 Å². The molecule has 0 aromatic heterocycles. The van der Waals surface area contributed by atoms with Crippen molar-refractivity contribution < 1.29 is 23.9 Å². The zero-order valence-electron chi connectivity index (χ0n) is 20.0. The van der Waals surface area contributed by atoms with Crippen LogP contribution >= 0.6 is 0 Å². The highest BCUT2D eigenvalue weighted by atomic mass is 16.5. The van der Waals surface area contributed by atoms with Gasteiger partial charge < -0.3 is 4.74 Å². The molecule has 1 N–H and O–H groups in total. The van der Waals surface area contributed by atoms with Gasteiger partial charge in [-0.3, -0.25) is 34.3 Å². The number of nitrogens with one attached hydrogen (secondary N) is 1. The Morgan fingerprint density at radius 2 is 1.41 bits per heavy atom. The molecule has 0 saturated carbocycles. The SMILES string of the molecule is O=C1CCC(N2C(=O)c3ccc(OC4CN(C(c5ccccc5)c5ccccc5)C4)cc3C2=O)C(=O)N1. The lowest BCUT2D eigenvalue weighted by Gasteiger charge is -2.44. The Balaban J connectivity index is 1.15. The van der Waals surface area contributed by atoms with Gasteiger partial charge in [-0.2, -0.15) is 0 Å². The number of hydrogen-bond acceptors (Lipinski definition) is 6. The van der Waals surface area contributed by atoms with Crippen molar-refractivity contribution >= 4 is 23.6 Å². The Morgan fingerprint density at radius 3 is 2.03 bits per heavy atom. The number of nitrogens with zero attached hydrogens (tertiary/aromatic N) is 2. The van der Waals surface area contributed by atoms with Crippen LogP contribution in [0.15, 0.2) is 78.9 Å². The zero-order chi connectivity index (χ0) is 25.5. The minimum atomic E-state index is -0.984. The number of piperidine rings is 1. The van der Waals surface area contributed by atoms with Crippen molar-refractivity contribution in [3.8, 4) is 5.75 Å². The molecule has 2 saturated heterocycles. The summed E-state index contributed by atoms with van der Waals surface area (Å²) in [7, 11) is 0. The van der Waals surface area contributed by atoms with Crippen molar-refractivity contribution in [2.75, 3.05) is 13.1 Å². The standard InChI is InChI=1S/C29H25N3O5/c33-25-14-13-24(27(34)30-25)32-28(35)22-12-11-20(15-23(22)29(32)36)37-21-16-31(17-21)26(18-7-3-1-4-8-18)19-9-5-2-6-10-19/h1-12,15,21,24,26H,13-14,16-17H2,(H,30,33,34). The van der Waals surface area contributed by atoms with Gasteiger partial charge in [0.1, 0.15) is 17.9 Å². The fourth-order valence-corrected chi connectivity index (χ4v) is 5.36. The number of ether oxygens (including phenoxy) is 1. The van der Waals surface area contributed by atoms with Gasteiger partial charge in [0, 0.05) is 19.5 Å². The molecular formula is C29H25N3O5. The molecule has 0 bridgehead atoms. The third-order valence-corrected chi connectivity index (χ3v) is 7.19. The first kappa shape index (κ1) is 23.1. The maximum atomic E-state index is 13.1. The molecule has 1 unspecified atom stereocenters. The van der Waals surface area contributed by atoms with Crippen LogP contribution in [0.2, 0.25) is 0 Å². The molecule has 8 nitrogen and oxygen atoms in total. The summed E-state index contributed by atoms with van der Waals surface area (Å²) in [4.78, 5) is 53.1. The Morgan fingerprint density at radius 1 is 0.784 bits per heavy atom. The van der Waals surface area contributed by atoms with Crippen LogP contribution in [0.1, 0.15) is 50.7 Å². The second-order valence-corrected chi connectivity index (χ2v) is 9.57. The highest BCUT2D eigenvalue weighted by molar-refractivity contribution is 6.23. The summed E-state index contributed by atoms with van der Waals surface area (Å²) < 4.78 is 6.18. The predicted molar refractivity (Wildman–Crippen MR) is 134 cm³/mol. The molecule has 0 aliphatic carbocycles. The van der Waals surface area contributed by atoms with Crippen molar-refractivity contribution in [1.82, 2.24) is 15.1 Å². The van der Waals surface area contributed by atoms with Crippen LogP contribution in [0.4, 0.5) is 0 Å². The highest BCUT2D eigenvalue weighted by Gasteiger charge is 2.45. The van der Waals surface area contributed by atoms with Crippen molar-refractivity contribution in [1.29, 1.82) is 0 Å². The first-order valence-electron chi connectivity index (χ1n) is 12.4. The van der Waals surface area contributed by atoms with Gasteiger partial charge in [0.05, 0.1) is 17.2 Å². The van der Waals surface area contributed by atoms with Crippen molar-refractivity contribution in [3.63, 3.8) is 0 Å². The van der Waals surface area contributed by atoms with Gasteiger partial charge in [0.25, 0.3) is 11.8 Å². The molecule has 3 aliphatic heterocycles. The van der Waals surface area contributed by atoms with Gasteiger partial charge >= 0.3 is 0 Å². The molecule has 3 heterocycles. The quantitative estimate of drug-likeness (QED) is 0.529. The molecule has 37 heavy (non-hydrogen) atoms. The van der Waals surface area contributed by atoms with E-state index in [0.29, 0.717) is 18.8 Å². The first-order chi connectivity index (χ1) is 18.0. The van der Waals surface area contributed by atoms with Crippen molar-refractivity contribution in [3.05, 3.63) is 101 Å². The third kappa shape index (κ3) is 4.19. The molecule has 0 spiro atoms. The van der Waals surface area contributed by atoms with Crippen LogP contribution in [-0.4, -0.2) is 58.7 Å². The summed E-state index contributed by atoms with van der Waals surface area (Å²) in [5.41, 5.74) is 2.88. The topological polar surface area (TPSA) is 96.0 Å². The fraction of sp³-hybridized carbons (Fsp3) is 0.241. The van der Waals surface area contributed by atoms with E-state index in [1.54, 1.807) is 18.2 Å². The van der Waals surface area contributed by atoms with Crippen LogP contribution in [0.3, 0.4) is 0 Å². The average Bonchev–Trinajstić information content (AvgIpc) is 3.13. The van der Waals surface area contributed by atoms with Gasteiger partial charge in [-0.25, -0.2) is 0 Å². The maximum absolute atomic E-state index is 13.1. The van der Waals surface area contributed by atoms with E-state index in [0.717, 1.165) is 4.90 Å². The first-order valence-corrected chi connectivity index (χ1v) is 12.4. The minimum Gasteiger partial charge on any atom is -0.488 e. The molecule has 3 aliphatic rings. The number of rotatable bonds is 6. The summed E-state index contributed by atoms with van der Waals surface area (Å²) in [6, 6.07) is 24.7. The molecular weight excluding hydrogens is 470 g/mol. The van der Waals surface area contributed by atoms with E-state index >= 15 is 0 Å². The van der Waals surface area contributed by atoms with Gasteiger partial charge in [-0.1, -0.05) is 60.7 Å². The summed E-state index contributed by atoms with van der Waals surface area (Å²) in [6.45, 7) is 1.42. The number of benzene rings is 3. The van der Waals surface area contributed by atoms with Crippen molar-refractivity contribution in [2.45, 2.75) is 31.0 Å². The Kier molecular flexibility index (Phi) is 5.81. The Bertz CT molecular complexity index is 1350. The third-order valence-electron chi connectivity index (χ3n) is 7.19. The van der Waals surface area contributed by atoms with Gasteiger partial charge in [0.2, 0.25) is 11.8 Å². The lowest BCUT2D eigenvalue weighted by Crippen LogP contribution is -2.55. The summed E-state index contributed by atoms with van der Waals surface area (Å²) in [6.07, 6.45) is 0.150. The number of likely N-dealkylation sites (tertiary alicyclic amines) is 1. The summed E-state index contributed by atoms with van der Waals surface area (Å²) >= 11 is 0. The lowest BCUT2D eigenvalue weighted by atomic mass is 9.94. The molecule has 1 atom stereocenters. The van der Waals surface area contributed by atoms with Gasteiger partial charge in [0.15, 0.2) is 0 Å². The second kappa shape index (κ2) is 9.29. The Labute approximate surface area is 213 Å². The number of fused-ring (bicyclic) bond motifs is 1.